The highest BCUT2D eigenvalue weighted by atomic mass is 19.1. The van der Waals surface area contributed by atoms with Crippen LogP contribution >= 0.6 is 0 Å². The normalized spacial score (nSPS) is 12.9. The lowest BCUT2D eigenvalue weighted by molar-refractivity contribution is -0.152. The third-order valence-corrected chi connectivity index (χ3v) is 2.75. The van der Waals surface area contributed by atoms with E-state index in [1.54, 1.807) is 20.8 Å². The smallest absolute Gasteiger partial charge is 0.314 e. The first-order valence-electron chi connectivity index (χ1n) is 5.96. The van der Waals surface area contributed by atoms with Crippen molar-refractivity contribution in [2.75, 3.05) is 13.7 Å². The summed E-state index contributed by atoms with van der Waals surface area (Å²) in [6.07, 6.45) is -0.781. The molecule has 1 N–H and O–H groups in total. The number of carbonyl (C=O) groups excluding carboxylic acids is 1. The van der Waals surface area contributed by atoms with Crippen molar-refractivity contribution in [3.8, 4) is 5.75 Å². The summed E-state index contributed by atoms with van der Waals surface area (Å²) in [6.45, 7) is 4.93. The molecule has 4 nitrogen and oxygen atoms in total. The van der Waals surface area contributed by atoms with Crippen molar-refractivity contribution in [3.63, 3.8) is 0 Å². The second kappa shape index (κ2) is 6.02. The standard InChI is InChI=1S/C14H19FO4/c1-9(16)11-6-5-10(15)7-12(11)19-8-14(2,3)13(17)18-4/h5-7,9,16H,8H2,1-4H3. The van der Waals surface area contributed by atoms with E-state index >= 15 is 0 Å². The van der Waals surface area contributed by atoms with Gasteiger partial charge in [-0.15, -0.1) is 0 Å². The van der Waals surface area contributed by atoms with E-state index in [9.17, 15) is 14.3 Å². The van der Waals surface area contributed by atoms with Crippen molar-refractivity contribution >= 4 is 5.97 Å². The quantitative estimate of drug-likeness (QED) is 0.835. The number of rotatable bonds is 5. The van der Waals surface area contributed by atoms with Crippen LogP contribution in [0.15, 0.2) is 18.2 Å². The van der Waals surface area contributed by atoms with Crippen molar-refractivity contribution in [2.24, 2.45) is 5.41 Å². The van der Waals surface area contributed by atoms with Crippen molar-refractivity contribution < 1.29 is 23.8 Å². The van der Waals surface area contributed by atoms with E-state index in [1.165, 1.54) is 25.3 Å². The van der Waals surface area contributed by atoms with Gasteiger partial charge in [-0.05, 0) is 32.9 Å². The van der Waals surface area contributed by atoms with Crippen LogP contribution < -0.4 is 4.74 Å². The maximum absolute atomic E-state index is 13.2. The lowest BCUT2D eigenvalue weighted by Gasteiger charge is -2.23. The molecule has 0 aliphatic carbocycles. The third-order valence-electron chi connectivity index (χ3n) is 2.75. The zero-order valence-electron chi connectivity index (χ0n) is 11.6. The van der Waals surface area contributed by atoms with Gasteiger partial charge in [-0.1, -0.05) is 0 Å². The minimum Gasteiger partial charge on any atom is -0.492 e. The van der Waals surface area contributed by atoms with Gasteiger partial charge < -0.3 is 14.6 Å². The predicted octanol–water partition coefficient (Wildman–Crippen LogP) is 2.46. The summed E-state index contributed by atoms with van der Waals surface area (Å²) in [5.74, 6) is -0.648. The van der Waals surface area contributed by atoms with Crippen LogP contribution in [0.3, 0.4) is 0 Å². The molecule has 106 valence electrons. The largest absolute Gasteiger partial charge is 0.492 e. The molecule has 1 rings (SSSR count). The van der Waals surface area contributed by atoms with Crippen LogP contribution in [0.2, 0.25) is 0 Å². The molecule has 0 radical (unpaired) electrons. The number of esters is 1. The van der Waals surface area contributed by atoms with Crippen LogP contribution in [0.1, 0.15) is 32.4 Å². The first kappa shape index (κ1) is 15.4. The molecule has 0 fully saturated rings. The number of hydrogen-bond acceptors (Lipinski definition) is 4. The number of methoxy groups -OCH3 is 1. The summed E-state index contributed by atoms with van der Waals surface area (Å²) in [6, 6.07) is 3.90. The minimum atomic E-state index is -0.850. The van der Waals surface area contributed by atoms with Gasteiger partial charge in [0.2, 0.25) is 0 Å². The summed E-state index contributed by atoms with van der Waals surface area (Å²) < 4.78 is 23.3. The highest BCUT2D eigenvalue weighted by Gasteiger charge is 2.30. The van der Waals surface area contributed by atoms with Gasteiger partial charge in [0.05, 0.1) is 18.6 Å². The Morgan fingerprint density at radius 2 is 2.11 bits per heavy atom. The van der Waals surface area contributed by atoms with Gasteiger partial charge >= 0.3 is 5.97 Å². The fourth-order valence-corrected chi connectivity index (χ4v) is 1.57. The summed E-state index contributed by atoms with van der Waals surface area (Å²) in [4.78, 5) is 11.5. The fourth-order valence-electron chi connectivity index (χ4n) is 1.57. The van der Waals surface area contributed by atoms with Gasteiger partial charge in [0.25, 0.3) is 0 Å². The lowest BCUT2D eigenvalue weighted by Crippen LogP contribution is -2.32. The minimum absolute atomic E-state index is 0.0306. The summed E-state index contributed by atoms with van der Waals surface area (Å²) >= 11 is 0. The van der Waals surface area contributed by atoms with E-state index in [4.69, 9.17) is 4.74 Å². The lowest BCUT2D eigenvalue weighted by atomic mass is 9.95. The van der Waals surface area contributed by atoms with Crippen LogP contribution in [0.4, 0.5) is 4.39 Å². The van der Waals surface area contributed by atoms with E-state index in [0.29, 0.717) is 5.56 Å². The fraction of sp³-hybridized carbons (Fsp3) is 0.500. The number of aliphatic hydroxyl groups is 1. The second-order valence-corrected chi connectivity index (χ2v) is 5.02. The highest BCUT2D eigenvalue weighted by molar-refractivity contribution is 5.75. The van der Waals surface area contributed by atoms with Crippen LogP contribution in [-0.4, -0.2) is 24.8 Å². The number of benzene rings is 1. The molecule has 0 bridgehead atoms. The molecule has 1 aromatic carbocycles. The second-order valence-electron chi connectivity index (χ2n) is 5.02. The van der Waals surface area contributed by atoms with Crippen LogP contribution in [0.5, 0.6) is 5.75 Å². The Bertz CT molecular complexity index is 455. The van der Waals surface area contributed by atoms with E-state index < -0.39 is 23.3 Å². The highest BCUT2D eigenvalue weighted by Crippen LogP contribution is 2.28. The van der Waals surface area contributed by atoms with Crippen molar-refractivity contribution in [2.45, 2.75) is 26.9 Å². The SMILES string of the molecule is COC(=O)C(C)(C)COc1cc(F)ccc1C(C)O. The molecule has 0 aliphatic rings. The van der Waals surface area contributed by atoms with Gasteiger partial charge in [0.15, 0.2) is 0 Å². The molecule has 5 heteroatoms. The average molecular weight is 270 g/mol. The summed E-state index contributed by atoms with van der Waals surface area (Å²) in [5.41, 5.74) is -0.376. The molecule has 1 unspecified atom stereocenters. The van der Waals surface area contributed by atoms with E-state index in [-0.39, 0.29) is 12.4 Å². The number of halogens is 1. The molecule has 1 atom stereocenters. The topological polar surface area (TPSA) is 55.8 Å². The molecule has 1 aromatic rings. The third kappa shape index (κ3) is 3.92. The van der Waals surface area contributed by atoms with Crippen LogP contribution in [-0.2, 0) is 9.53 Å². The monoisotopic (exact) mass is 270 g/mol. The maximum atomic E-state index is 13.2. The van der Waals surface area contributed by atoms with Crippen LogP contribution in [0.25, 0.3) is 0 Å². The number of hydrogen-bond donors (Lipinski definition) is 1. The van der Waals surface area contributed by atoms with E-state index in [0.717, 1.165) is 0 Å². The molecule has 0 saturated carbocycles. The Morgan fingerprint density at radius 3 is 2.63 bits per heavy atom. The molecule has 0 heterocycles. The average Bonchev–Trinajstić information content (AvgIpc) is 2.35. The number of aliphatic hydroxyl groups excluding tert-OH is 1. The zero-order chi connectivity index (χ0) is 14.6. The van der Waals surface area contributed by atoms with E-state index in [1.807, 2.05) is 0 Å². The molecule has 0 amide bonds. The van der Waals surface area contributed by atoms with E-state index in [2.05, 4.69) is 4.74 Å². The van der Waals surface area contributed by atoms with Crippen molar-refractivity contribution in [1.29, 1.82) is 0 Å². The first-order chi connectivity index (χ1) is 8.77. The Labute approximate surface area is 112 Å². The van der Waals surface area contributed by atoms with Crippen molar-refractivity contribution in [3.05, 3.63) is 29.6 Å². The Kier molecular flexibility index (Phi) is 4.89. The molecular weight excluding hydrogens is 251 g/mol. The van der Waals surface area contributed by atoms with Gasteiger partial charge in [-0.25, -0.2) is 4.39 Å². The van der Waals surface area contributed by atoms with Crippen molar-refractivity contribution in [1.82, 2.24) is 0 Å². The first-order valence-corrected chi connectivity index (χ1v) is 5.96. The van der Waals surface area contributed by atoms with Crippen LogP contribution in [0, 0.1) is 11.2 Å². The van der Waals surface area contributed by atoms with Gasteiger partial charge in [-0.2, -0.15) is 0 Å². The van der Waals surface area contributed by atoms with Gasteiger partial charge in [0, 0.05) is 11.6 Å². The Hall–Kier alpha value is -1.62. The summed E-state index contributed by atoms with van der Waals surface area (Å²) in [7, 11) is 1.30. The maximum Gasteiger partial charge on any atom is 0.314 e. The molecular formula is C14H19FO4. The molecule has 0 spiro atoms. The Balaban J connectivity index is 2.88. The zero-order valence-corrected chi connectivity index (χ0v) is 11.6. The summed E-state index contributed by atoms with van der Waals surface area (Å²) in [5, 5.41) is 9.59. The molecule has 0 aliphatic heterocycles. The predicted molar refractivity (Wildman–Crippen MR) is 68.3 cm³/mol. The number of carbonyl (C=O) groups is 1. The van der Waals surface area contributed by atoms with Gasteiger partial charge in [-0.3, -0.25) is 4.79 Å². The van der Waals surface area contributed by atoms with Gasteiger partial charge in [0.1, 0.15) is 18.2 Å². The molecule has 0 aromatic heterocycles. The molecule has 19 heavy (non-hydrogen) atoms. The number of ether oxygens (including phenoxy) is 2. The Morgan fingerprint density at radius 1 is 1.47 bits per heavy atom. The molecule has 0 saturated heterocycles.